The molecule has 0 unspecified atom stereocenters. The van der Waals surface area contributed by atoms with Gasteiger partial charge in [0.05, 0.1) is 6.07 Å². The summed E-state index contributed by atoms with van der Waals surface area (Å²) in [6.07, 6.45) is 22.9. The monoisotopic (exact) mass is 391 g/mol. The Labute approximate surface area is 179 Å². The van der Waals surface area contributed by atoms with Gasteiger partial charge in [0.15, 0.2) is 0 Å². The molecule has 0 N–H and O–H groups in total. The quantitative estimate of drug-likeness (QED) is 0.306. The highest BCUT2D eigenvalue weighted by Crippen LogP contribution is 2.40. The van der Waals surface area contributed by atoms with Crippen LogP contribution < -0.4 is 0 Å². The summed E-state index contributed by atoms with van der Waals surface area (Å²) in [7, 11) is 0. The molecule has 0 aromatic heterocycles. The van der Waals surface area contributed by atoms with E-state index in [0.717, 1.165) is 17.8 Å². The van der Waals surface area contributed by atoms with E-state index in [1.807, 2.05) is 0 Å². The predicted octanol–water partition coefficient (Wildman–Crippen LogP) is 8.36. The van der Waals surface area contributed by atoms with Gasteiger partial charge in [-0.1, -0.05) is 62.9 Å². The molecule has 1 heteroatoms. The van der Waals surface area contributed by atoms with Crippen LogP contribution in [0.1, 0.15) is 107 Å². The van der Waals surface area contributed by atoms with Crippen LogP contribution in [-0.2, 0) is 6.42 Å². The number of nitriles is 1. The van der Waals surface area contributed by atoms with Crippen molar-refractivity contribution in [2.24, 2.45) is 17.8 Å². The molecule has 2 fully saturated rings. The molecule has 1 aromatic carbocycles. The molecule has 3 rings (SSSR count). The molecule has 29 heavy (non-hydrogen) atoms. The molecular formula is C28H41N. The molecule has 0 bridgehead atoms. The van der Waals surface area contributed by atoms with Crippen molar-refractivity contribution in [1.82, 2.24) is 0 Å². The van der Waals surface area contributed by atoms with Crippen LogP contribution in [-0.4, -0.2) is 0 Å². The summed E-state index contributed by atoms with van der Waals surface area (Å²) in [6, 6.07) is 11.8. The van der Waals surface area contributed by atoms with Crippen LogP contribution in [0.2, 0.25) is 0 Å². The second-order valence-corrected chi connectivity index (χ2v) is 9.76. The van der Waals surface area contributed by atoms with Gasteiger partial charge in [-0.05, 0) is 99.0 Å². The minimum atomic E-state index is 0.666. The number of nitrogens with zero attached hydrogens (tertiary/aromatic N) is 1. The van der Waals surface area contributed by atoms with Crippen LogP contribution in [0.5, 0.6) is 0 Å². The first-order chi connectivity index (χ1) is 14.3. The summed E-state index contributed by atoms with van der Waals surface area (Å²) in [4.78, 5) is 0. The average molecular weight is 392 g/mol. The van der Waals surface area contributed by atoms with Crippen molar-refractivity contribution in [3.05, 3.63) is 47.5 Å². The van der Waals surface area contributed by atoms with E-state index < -0.39 is 0 Å². The Morgan fingerprint density at radius 1 is 0.862 bits per heavy atom. The molecular weight excluding hydrogens is 350 g/mol. The number of rotatable bonds is 9. The Kier molecular flexibility index (Phi) is 9.33. The SMILES string of the molecule is CCCCCc1ccc(C2CCC(CCC3CCC(C=CC#N)CC3)CC2)cc1. The molecule has 1 nitrogen and oxygen atoms in total. The first-order valence-electron chi connectivity index (χ1n) is 12.4. The normalized spacial score (nSPS) is 27.7. The fraction of sp³-hybridized carbons (Fsp3) is 0.679. The Hall–Kier alpha value is -1.55. The van der Waals surface area contributed by atoms with E-state index in [9.17, 15) is 0 Å². The lowest BCUT2D eigenvalue weighted by Gasteiger charge is -2.31. The van der Waals surface area contributed by atoms with Gasteiger partial charge in [0, 0.05) is 6.08 Å². The van der Waals surface area contributed by atoms with Crippen molar-refractivity contribution in [3.8, 4) is 6.07 Å². The Morgan fingerprint density at radius 3 is 2.07 bits per heavy atom. The lowest BCUT2D eigenvalue weighted by Crippen LogP contribution is -2.17. The van der Waals surface area contributed by atoms with E-state index in [1.165, 1.54) is 95.5 Å². The average Bonchev–Trinajstić information content (AvgIpc) is 2.78. The lowest BCUT2D eigenvalue weighted by atomic mass is 9.74. The van der Waals surface area contributed by atoms with Gasteiger partial charge >= 0.3 is 0 Å². The summed E-state index contributed by atoms with van der Waals surface area (Å²) >= 11 is 0. The van der Waals surface area contributed by atoms with E-state index in [0.29, 0.717) is 5.92 Å². The van der Waals surface area contributed by atoms with E-state index in [-0.39, 0.29) is 0 Å². The summed E-state index contributed by atoms with van der Waals surface area (Å²) in [6.45, 7) is 2.28. The topological polar surface area (TPSA) is 23.8 Å². The van der Waals surface area contributed by atoms with Crippen LogP contribution in [0, 0.1) is 29.1 Å². The van der Waals surface area contributed by atoms with Gasteiger partial charge in [-0.3, -0.25) is 0 Å². The van der Waals surface area contributed by atoms with Crippen molar-refractivity contribution >= 4 is 0 Å². The van der Waals surface area contributed by atoms with Crippen molar-refractivity contribution in [2.75, 3.05) is 0 Å². The molecule has 158 valence electrons. The van der Waals surface area contributed by atoms with Crippen molar-refractivity contribution in [1.29, 1.82) is 5.26 Å². The minimum Gasteiger partial charge on any atom is -0.193 e. The predicted molar refractivity (Wildman–Crippen MR) is 124 cm³/mol. The van der Waals surface area contributed by atoms with Gasteiger partial charge in [0.1, 0.15) is 0 Å². The van der Waals surface area contributed by atoms with Crippen molar-refractivity contribution in [2.45, 2.75) is 103 Å². The van der Waals surface area contributed by atoms with Gasteiger partial charge in [-0.25, -0.2) is 0 Å². The van der Waals surface area contributed by atoms with Gasteiger partial charge < -0.3 is 0 Å². The highest BCUT2D eigenvalue weighted by atomic mass is 14.3. The van der Waals surface area contributed by atoms with Crippen LogP contribution in [0.15, 0.2) is 36.4 Å². The fourth-order valence-electron chi connectivity index (χ4n) is 5.64. The van der Waals surface area contributed by atoms with E-state index >= 15 is 0 Å². The van der Waals surface area contributed by atoms with E-state index in [2.05, 4.69) is 43.3 Å². The smallest absolute Gasteiger partial charge is 0.0908 e. The van der Waals surface area contributed by atoms with Crippen LogP contribution in [0.4, 0.5) is 0 Å². The van der Waals surface area contributed by atoms with Gasteiger partial charge in [0.25, 0.3) is 0 Å². The number of unbranched alkanes of at least 4 members (excludes halogenated alkanes) is 2. The van der Waals surface area contributed by atoms with E-state index in [4.69, 9.17) is 5.26 Å². The molecule has 0 atom stereocenters. The lowest BCUT2D eigenvalue weighted by molar-refractivity contribution is 0.246. The van der Waals surface area contributed by atoms with Crippen molar-refractivity contribution in [3.63, 3.8) is 0 Å². The van der Waals surface area contributed by atoms with Crippen LogP contribution in [0.3, 0.4) is 0 Å². The summed E-state index contributed by atoms with van der Waals surface area (Å²) in [5.74, 6) is 3.38. The maximum Gasteiger partial charge on any atom is 0.0908 e. The first-order valence-corrected chi connectivity index (χ1v) is 12.4. The molecule has 0 radical (unpaired) electrons. The molecule has 2 aliphatic rings. The number of allylic oxidation sites excluding steroid dienone is 2. The zero-order chi connectivity index (χ0) is 20.3. The summed E-state index contributed by atoms with van der Waals surface area (Å²) in [5.41, 5.74) is 3.11. The zero-order valence-corrected chi connectivity index (χ0v) is 18.6. The fourth-order valence-corrected chi connectivity index (χ4v) is 5.64. The Balaban J connectivity index is 1.33. The second kappa shape index (κ2) is 12.2. The Bertz CT molecular complexity index is 634. The van der Waals surface area contributed by atoms with E-state index in [1.54, 1.807) is 11.6 Å². The molecule has 1 aromatic rings. The highest BCUT2D eigenvalue weighted by molar-refractivity contribution is 5.26. The highest BCUT2D eigenvalue weighted by Gasteiger charge is 2.24. The molecule has 2 saturated carbocycles. The van der Waals surface area contributed by atoms with Gasteiger partial charge in [-0.2, -0.15) is 5.26 Å². The zero-order valence-electron chi connectivity index (χ0n) is 18.6. The first kappa shape index (κ1) is 22.1. The molecule has 0 saturated heterocycles. The third kappa shape index (κ3) is 7.33. The van der Waals surface area contributed by atoms with Crippen molar-refractivity contribution < 1.29 is 0 Å². The second-order valence-electron chi connectivity index (χ2n) is 9.76. The largest absolute Gasteiger partial charge is 0.193 e. The number of aryl methyl sites for hydroxylation is 1. The maximum atomic E-state index is 8.68. The number of hydrogen-bond acceptors (Lipinski definition) is 1. The number of hydrogen-bond donors (Lipinski definition) is 0. The maximum absolute atomic E-state index is 8.68. The van der Waals surface area contributed by atoms with Crippen LogP contribution in [0.25, 0.3) is 0 Å². The third-order valence-electron chi connectivity index (χ3n) is 7.68. The molecule has 0 spiro atoms. The van der Waals surface area contributed by atoms with Gasteiger partial charge in [-0.15, -0.1) is 0 Å². The molecule has 0 amide bonds. The number of benzene rings is 1. The summed E-state index contributed by atoms with van der Waals surface area (Å²) < 4.78 is 0. The third-order valence-corrected chi connectivity index (χ3v) is 7.68. The standard InChI is InChI=1S/C28H41N/c1-2-3-4-6-23-14-18-27(19-15-23)28-20-16-26(17-21-28)13-12-25-10-8-24(9-11-25)7-5-22-29/h5,7,14-15,18-19,24-26,28H,2-4,6,8-13,16-17,20-21H2,1H3. The molecule has 0 heterocycles. The van der Waals surface area contributed by atoms with Crippen LogP contribution >= 0.6 is 0 Å². The van der Waals surface area contributed by atoms with Gasteiger partial charge in [0.2, 0.25) is 0 Å². The molecule has 2 aliphatic carbocycles. The summed E-state index contributed by atoms with van der Waals surface area (Å²) in [5, 5.41) is 8.68. The minimum absolute atomic E-state index is 0.666. The Morgan fingerprint density at radius 2 is 1.48 bits per heavy atom. The molecule has 0 aliphatic heterocycles.